The minimum absolute atomic E-state index is 0.0105. The summed E-state index contributed by atoms with van der Waals surface area (Å²) >= 11 is 0. The summed E-state index contributed by atoms with van der Waals surface area (Å²) in [6.07, 6.45) is 2.42. The SMILES string of the molecule is COc1ccccc1N1C=C(C)C(=O)C[C@@H]1c1ccccc1C. The number of benzene rings is 2. The molecule has 0 saturated carbocycles. The largest absolute Gasteiger partial charge is 0.495 e. The average molecular weight is 307 g/mol. The van der Waals surface area contributed by atoms with Crippen molar-refractivity contribution in [2.75, 3.05) is 12.0 Å². The molecule has 0 saturated heterocycles. The van der Waals surface area contributed by atoms with Crippen LogP contribution in [0.5, 0.6) is 5.75 Å². The predicted molar refractivity (Wildman–Crippen MR) is 92.8 cm³/mol. The monoisotopic (exact) mass is 307 g/mol. The maximum absolute atomic E-state index is 12.3. The molecule has 0 fully saturated rings. The summed E-state index contributed by atoms with van der Waals surface area (Å²) in [5.41, 5.74) is 4.13. The van der Waals surface area contributed by atoms with E-state index in [4.69, 9.17) is 4.74 Å². The molecule has 3 rings (SSSR count). The van der Waals surface area contributed by atoms with Crippen LogP contribution in [0.1, 0.15) is 30.5 Å². The first-order valence-corrected chi connectivity index (χ1v) is 7.80. The van der Waals surface area contributed by atoms with Crippen LogP contribution in [0.15, 0.2) is 60.3 Å². The average Bonchev–Trinajstić information content (AvgIpc) is 2.57. The highest BCUT2D eigenvalue weighted by Crippen LogP contribution is 2.40. The first-order chi connectivity index (χ1) is 11.1. The fraction of sp³-hybridized carbons (Fsp3) is 0.250. The van der Waals surface area contributed by atoms with Crippen LogP contribution in [-0.2, 0) is 4.79 Å². The van der Waals surface area contributed by atoms with Crippen molar-refractivity contribution in [3.8, 4) is 5.75 Å². The molecule has 1 atom stereocenters. The van der Waals surface area contributed by atoms with E-state index in [0.29, 0.717) is 6.42 Å². The van der Waals surface area contributed by atoms with Gasteiger partial charge in [-0.05, 0) is 37.1 Å². The van der Waals surface area contributed by atoms with Crippen LogP contribution in [0.4, 0.5) is 5.69 Å². The Morgan fingerprint density at radius 3 is 2.48 bits per heavy atom. The molecule has 3 heteroatoms. The molecule has 1 aliphatic heterocycles. The van der Waals surface area contributed by atoms with Crippen LogP contribution < -0.4 is 9.64 Å². The number of Topliss-reactive ketones (excluding diaryl/α,β-unsaturated/α-hetero) is 1. The highest BCUT2D eigenvalue weighted by molar-refractivity contribution is 5.97. The molecule has 0 amide bonds. The molecule has 3 nitrogen and oxygen atoms in total. The number of carbonyl (C=O) groups excluding carboxylic acids is 1. The molecule has 0 radical (unpaired) electrons. The van der Waals surface area contributed by atoms with E-state index in [2.05, 4.69) is 24.0 Å². The summed E-state index contributed by atoms with van der Waals surface area (Å²) in [5.74, 6) is 1.01. The smallest absolute Gasteiger partial charge is 0.162 e. The Balaban J connectivity index is 2.13. The van der Waals surface area contributed by atoms with Gasteiger partial charge < -0.3 is 9.64 Å². The van der Waals surface area contributed by atoms with Crippen molar-refractivity contribution in [3.05, 3.63) is 71.4 Å². The Kier molecular flexibility index (Phi) is 4.20. The number of rotatable bonds is 3. The summed E-state index contributed by atoms with van der Waals surface area (Å²) in [7, 11) is 1.67. The Hall–Kier alpha value is -2.55. The zero-order valence-corrected chi connectivity index (χ0v) is 13.7. The third-order valence-electron chi connectivity index (χ3n) is 4.40. The Morgan fingerprint density at radius 2 is 1.74 bits per heavy atom. The Bertz CT molecular complexity index is 764. The van der Waals surface area contributed by atoms with E-state index < -0.39 is 0 Å². The van der Waals surface area contributed by atoms with Crippen molar-refractivity contribution in [2.24, 2.45) is 0 Å². The van der Waals surface area contributed by atoms with E-state index in [-0.39, 0.29) is 11.8 Å². The van der Waals surface area contributed by atoms with Gasteiger partial charge in [-0.25, -0.2) is 0 Å². The van der Waals surface area contributed by atoms with Gasteiger partial charge >= 0.3 is 0 Å². The zero-order valence-electron chi connectivity index (χ0n) is 13.7. The lowest BCUT2D eigenvalue weighted by molar-refractivity contribution is -0.116. The zero-order chi connectivity index (χ0) is 16.4. The molecule has 0 bridgehead atoms. The van der Waals surface area contributed by atoms with Gasteiger partial charge in [0.2, 0.25) is 0 Å². The summed E-state index contributed by atoms with van der Waals surface area (Å²) in [5, 5.41) is 0. The molecule has 1 heterocycles. The quantitative estimate of drug-likeness (QED) is 0.840. The lowest BCUT2D eigenvalue weighted by Crippen LogP contribution is -2.31. The van der Waals surface area contributed by atoms with E-state index in [1.165, 1.54) is 11.1 Å². The normalized spacial score (nSPS) is 17.9. The molecule has 23 heavy (non-hydrogen) atoms. The predicted octanol–water partition coefficient (Wildman–Crippen LogP) is 4.43. The van der Waals surface area contributed by atoms with E-state index in [9.17, 15) is 4.79 Å². The number of methoxy groups -OCH3 is 1. The van der Waals surface area contributed by atoms with Gasteiger partial charge in [0.05, 0.1) is 18.8 Å². The van der Waals surface area contributed by atoms with E-state index in [1.807, 2.05) is 49.5 Å². The first-order valence-electron chi connectivity index (χ1n) is 7.80. The van der Waals surface area contributed by atoms with Crippen molar-refractivity contribution in [1.29, 1.82) is 0 Å². The van der Waals surface area contributed by atoms with Crippen LogP contribution in [0.3, 0.4) is 0 Å². The van der Waals surface area contributed by atoms with E-state index >= 15 is 0 Å². The number of allylic oxidation sites excluding steroid dienone is 1. The van der Waals surface area contributed by atoms with Gasteiger partial charge in [0, 0.05) is 18.2 Å². The minimum Gasteiger partial charge on any atom is -0.495 e. The summed E-state index contributed by atoms with van der Waals surface area (Å²) in [4.78, 5) is 14.5. The summed E-state index contributed by atoms with van der Waals surface area (Å²) < 4.78 is 5.52. The molecule has 0 unspecified atom stereocenters. The number of hydrogen-bond acceptors (Lipinski definition) is 3. The van der Waals surface area contributed by atoms with Crippen molar-refractivity contribution >= 4 is 11.5 Å². The molecule has 0 N–H and O–H groups in total. The third-order valence-corrected chi connectivity index (χ3v) is 4.40. The second-order valence-electron chi connectivity index (χ2n) is 5.89. The third kappa shape index (κ3) is 2.87. The maximum Gasteiger partial charge on any atom is 0.162 e. The van der Waals surface area contributed by atoms with Gasteiger partial charge in [0.25, 0.3) is 0 Å². The molecule has 1 aliphatic rings. The van der Waals surface area contributed by atoms with Crippen LogP contribution in [0, 0.1) is 6.92 Å². The van der Waals surface area contributed by atoms with Crippen LogP contribution in [0.2, 0.25) is 0 Å². The van der Waals surface area contributed by atoms with E-state index in [1.54, 1.807) is 7.11 Å². The molecular formula is C20H21NO2. The Morgan fingerprint density at radius 1 is 1.04 bits per heavy atom. The maximum atomic E-state index is 12.3. The topological polar surface area (TPSA) is 29.5 Å². The number of nitrogens with zero attached hydrogens (tertiary/aromatic N) is 1. The lowest BCUT2D eigenvalue weighted by atomic mass is 9.91. The number of ether oxygens (including phenoxy) is 1. The lowest BCUT2D eigenvalue weighted by Gasteiger charge is -2.36. The number of para-hydroxylation sites is 2. The standard InChI is InChI=1S/C20H21NO2/c1-14-8-4-5-9-16(14)18-12-19(22)15(2)13-21(18)17-10-6-7-11-20(17)23-3/h4-11,13,18H,12H2,1-3H3/t18-/m1/s1. The van der Waals surface area contributed by atoms with Gasteiger partial charge in [-0.3, -0.25) is 4.79 Å². The number of anilines is 1. The minimum atomic E-state index is -0.0105. The van der Waals surface area contributed by atoms with Crippen molar-refractivity contribution in [2.45, 2.75) is 26.3 Å². The second kappa shape index (κ2) is 6.29. The molecule has 0 aliphatic carbocycles. The van der Waals surface area contributed by atoms with Crippen LogP contribution >= 0.6 is 0 Å². The first kappa shape index (κ1) is 15.3. The van der Waals surface area contributed by atoms with Gasteiger partial charge in [-0.2, -0.15) is 0 Å². The molecule has 0 spiro atoms. The number of hydrogen-bond donors (Lipinski definition) is 0. The molecule has 2 aromatic carbocycles. The highest BCUT2D eigenvalue weighted by atomic mass is 16.5. The van der Waals surface area contributed by atoms with Crippen LogP contribution in [0.25, 0.3) is 0 Å². The number of aryl methyl sites for hydroxylation is 1. The molecule has 118 valence electrons. The van der Waals surface area contributed by atoms with Crippen molar-refractivity contribution in [1.82, 2.24) is 0 Å². The molecule has 0 aromatic heterocycles. The Labute approximate surface area is 137 Å². The van der Waals surface area contributed by atoms with Crippen molar-refractivity contribution < 1.29 is 9.53 Å². The van der Waals surface area contributed by atoms with E-state index in [0.717, 1.165) is 17.0 Å². The highest BCUT2D eigenvalue weighted by Gasteiger charge is 2.30. The summed E-state index contributed by atoms with van der Waals surface area (Å²) in [6, 6.07) is 16.2. The molecular weight excluding hydrogens is 286 g/mol. The fourth-order valence-electron chi connectivity index (χ4n) is 3.11. The number of carbonyl (C=O) groups is 1. The van der Waals surface area contributed by atoms with Gasteiger partial charge in [0.1, 0.15) is 5.75 Å². The van der Waals surface area contributed by atoms with Gasteiger partial charge in [-0.15, -0.1) is 0 Å². The number of ketones is 1. The fourth-order valence-corrected chi connectivity index (χ4v) is 3.11. The van der Waals surface area contributed by atoms with Gasteiger partial charge in [0.15, 0.2) is 5.78 Å². The molecule has 2 aromatic rings. The summed E-state index contributed by atoms with van der Waals surface area (Å²) in [6.45, 7) is 3.96. The van der Waals surface area contributed by atoms with Crippen molar-refractivity contribution in [3.63, 3.8) is 0 Å². The van der Waals surface area contributed by atoms with Crippen LogP contribution in [-0.4, -0.2) is 12.9 Å². The second-order valence-corrected chi connectivity index (χ2v) is 5.89. The van der Waals surface area contributed by atoms with Gasteiger partial charge in [-0.1, -0.05) is 36.4 Å².